The van der Waals surface area contributed by atoms with Crippen LogP contribution in [0.25, 0.3) is 0 Å². The molecule has 6 rings (SSSR count). The van der Waals surface area contributed by atoms with E-state index in [-0.39, 0.29) is 24.7 Å². The monoisotopic (exact) mass is 427 g/mol. The van der Waals surface area contributed by atoms with Gasteiger partial charge in [0.2, 0.25) is 18.6 Å². The first-order valence-electron chi connectivity index (χ1n) is 10.8. The van der Waals surface area contributed by atoms with Crippen molar-refractivity contribution in [1.29, 1.82) is 0 Å². The number of nitrogens with one attached hydrogen (secondary N) is 1. The first-order chi connectivity index (χ1) is 15.1. The lowest BCUT2D eigenvalue weighted by Gasteiger charge is -2.27. The maximum atomic E-state index is 13.4. The largest absolute Gasteiger partial charge is 0.454 e. The predicted octanol–water partition coefficient (Wildman–Crippen LogP) is 0.150. The van der Waals surface area contributed by atoms with Crippen LogP contribution in [0.4, 0.5) is 5.69 Å². The summed E-state index contributed by atoms with van der Waals surface area (Å²) >= 11 is 0. The van der Waals surface area contributed by atoms with Crippen LogP contribution >= 0.6 is 0 Å². The second-order valence-electron chi connectivity index (χ2n) is 8.61. The Balaban J connectivity index is 1.17. The maximum Gasteiger partial charge on any atom is 0.234 e. The SMILES string of the molecule is O=C(NCCN1CCOCC1)[C@@H]1[C@H]2C(=O)N(c3ccc4c(c3)OCO4)C[C@]23C=C[C@H]1O3. The minimum atomic E-state index is -0.746. The molecule has 5 aliphatic rings. The predicted molar refractivity (Wildman–Crippen MR) is 109 cm³/mol. The summed E-state index contributed by atoms with van der Waals surface area (Å²) in [5.41, 5.74) is -0.0189. The molecular formula is C22H25N3O6. The van der Waals surface area contributed by atoms with Gasteiger partial charge in [0.05, 0.1) is 37.7 Å². The van der Waals surface area contributed by atoms with Gasteiger partial charge in [-0.05, 0) is 12.1 Å². The third kappa shape index (κ3) is 3.02. The van der Waals surface area contributed by atoms with Crippen molar-refractivity contribution in [3.05, 3.63) is 30.4 Å². The molecule has 1 N–H and O–H groups in total. The molecule has 2 bridgehead atoms. The average Bonchev–Trinajstić information content (AvgIpc) is 3.54. The smallest absolute Gasteiger partial charge is 0.234 e. The molecule has 5 aliphatic heterocycles. The topological polar surface area (TPSA) is 89.6 Å². The molecule has 1 spiro atoms. The molecule has 4 atom stereocenters. The van der Waals surface area contributed by atoms with Gasteiger partial charge in [-0.25, -0.2) is 0 Å². The van der Waals surface area contributed by atoms with Crippen LogP contribution < -0.4 is 19.7 Å². The van der Waals surface area contributed by atoms with E-state index in [2.05, 4.69) is 10.2 Å². The molecule has 0 radical (unpaired) electrons. The number of ether oxygens (including phenoxy) is 4. The van der Waals surface area contributed by atoms with Gasteiger partial charge in [-0.3, -0.25) is 14.5 Å². The maximum absolute atomic E-state index is 13.4. The molecule has 0 saturated carbocycles. The molecule has 9 heteroatoms. The van der Waals surface area contributed by atoms with Gasteiger partial charge < -0.3 is 29.2 Å². The van der Waals surface area contributed by atoms with E-state index in [0.717, 1.165) is 38.5 Å². The molecule has 0 aromatic heterocycles. The van der Waals surface area contributed by atoms with Gasteiger partial charge in [0.15, 0.2) is 11.5 Å². The van der Waals surface area contributed by atoms with Crippen LogP contribution in [0.5, 0.6) is 11.5 Å². The Kier molecular flexibility index (Phi) is 4.45. The molecule has 3 saturated heterocycles. The molecule has 9 nitrogen and oxygen atoms in total. The van der Waals surface area contributed by atoms with Crippen molar-refractivity contribution in [3.8, 4) is 11.5 Å². The van der Waals surface area contributed by atoms with Crippen LogP contribution in [-0.2, 0) is 19.1 Å². The Bertz CT molecular complexity index is 945. The molecule has 0 aliphatic carbocycles. The third-order valence-corrected chi connectivity index (χ3v) is 6.90. The van der Waals surface area contributed by atoms with Crippen molar-refractivity contribution in [2.75, 3.05) is 57.6 Å². The Morgan fingerprint density at radius 1 is 1.19 bits per heavy atom. The van der Waals surface area contributed by atoms with Crippen LogP contribution in [0.1, 0.15) is 0 Å². The highest BCUT2D eigenvalue weighted by Gasteiger charge is 2.67. The number of carbonyl (C=O) groups is 2. The number of hydrogen-bond donors (Lipinski definition) is 1. The second kappa shape index (κ2) is 7.22. The average molecular weight is 427 g/mol. The van der Waals surface area contributed by atoms with Crippen molar-refractivity contribution in [3.63, 3.8) is 0 Å². The lowest BCUT2D eigenvalue weighted by Crippen LogP contribution is -2.46. The lowest BCUT2D eigenvalue weighted by molar-refractivity contribution is -0.132. The molecule has 164 valence electrons. The molecule has 0 unspecified atom stereocenters. The number of amides is 2. The molecule has 3 fully saturated rings. The molecule has 31 heavy (non-hydrogen) atoms. The normalized spacial score (nSPS) is 33.2. The van der Waals surface area contributed by atoms with E-state index in [1.54, 1.807) is 11.0 Å². The molecule has 1 aromatic rings. The van der Waals surface area contributed by atoms with Gasteiger partial charge in [-0.15, -0.1) is 0 Å². The fourth-order valence-corrected chi connectivity index (χ4v) is 5.35. The van der Waals surface area contributed by atoms with E-state index < -0.39 is 17.4 Å². The number of hydrogen-bond acceptors (Lipinski definition) is 7. The van der Waals surface area contributed by atoms with Gasteiger partial charge in [0.25, 0.3) is 0 Å². The highest BCUT2D eigenvalue weighted by molar-refractivity contribution is 6.03. The first kappa shape index (κ1) is 19.1. The zero-order valence-electron chi connectivity index (χ0n) is 17.1. The summed E-state index contributed by atoms with van der Waals surface area (Å²) in [6.07, 6.45) is 3.54. The zero-order chi connectivity index (χ0) is 21.0. The Morgan fingerprint density at radius 2 is 2.03 bits per heavy atom. The van der Waals surface area contributed by atoms with Crippen LogP contribution in [-0.4, -0.2) is 81.1 Å². The molecule has 1 aromatic carbocycles. The van der Waals surface area contributed by atoms with Crippen molar-refractivity contribution >= 4 is 17.5 Å². The summed E-state index contributed by atoms with van der Waals surface area (Å²) in [5.74, 6) is 0.0632. The molecule has 5 heterocycles. The van der Waals surface area contributed by atoms with Gasteiger partial charge in [0, 0.05) is 37.9 Å². The number of rotatable bonds is 5. The zero-order valence-corrected chi connectivity index (χ0v) is 17.1. The van der Waals surface area contributed by atoms with E-state index in [9.17, 15) is 9.59 Å². The van der Waals surface area contributed by atoms with Gasteiger partial charge in [-0.2, -0.15) is 0 Å². The summed E-state index contributed by atoms with van der Waals surface area (Å²) in [7, 11) is 0. The van der Waals surface area contributed by atoms with E-state index in [4.69, 9.17) is 18.9 Å². The summed E-state index contributed by atoms with van der Waals surface area (Å²) < 4.78 is 22.4. The molecular weight excluding hydrogens is 402 g/mol. The van der Waals surface area contributed by atoms with Gasteiger partial charge in [-0.1, -0.05) is 12.2 Å². The lowest BCUT2D eigenvalue weighted by atomic mass is 9.77. The Labute approximate surface area is 179 Å². The number of benzene rings is 1. The number of nitrogens with zero attached hydrogens (tertiary/aromatic N) is 2. The summed E-state index contributed by atoms with van der Waals surface area (Å²) in [6.45, 7) is 5.10. The minimum Gasteiger partial charge on any atom is -0.454 e. The fraction of sp³-hybridized carbons (Fsp3) is 0.545. The van der Waals surface area contributed by atoms with Gasteiger partial charge in [0.1, 0.15) is 5.60 Å². The Morgan fingerprint density at radius 3 is 2.90 bits per heavy atom. The number of morpholine rings is 1. The number of carbonyl (C=O) groups excluding carboxylic acids is 2. The standard InChI is InChI=1S/C22H25N3O6/c26-20(23-5-6-24-7-9-28-10-8-24)18-16-3-4-22(31-16)12-25(21(27)19(18)22)14-1-2-15-17(11-14)30-13-29-15/h1-4,11,16,18-19H,5-10,12-13H2,(H,23,26)/t16-,18+,19+,22-/m1/s1. The van der Waals surface area contributed by atoms with Crippen molar-refractivity contribution in [1.82, 2.24) is 10.2 Å². The van der Waals surface area contributed by atoms with Crippen molar-refractivity contribution in [2.24, 2.45) is 11.8 Å². The van der Waals surface area contributed by atoms with Crippen LogP contribution in [0, 0.1) is 11.8 Å². The Hall–Kier alpha value is -2.62. The summed E-state index contributed by atoms with van der Waals surface area (Å²) in [5, 5.41) is 3.03. The van der Waals surface area contributed by atoms with E-state index in [1.807, 2.05) is 24.3 Å². The summed E-state index contributed by atoms with van der Waals surface area (Å²) in [4.78, 5) is 30.5. The fourth-order valence-electron chi connectivity index (χ4n) is 5.35. The highest BCUT2D eigenvalue weighted by Crippen LogP contribution is 2.53. The second-order valence-corrected chi connectivity index (χ2v) is 8.61. The number of anilines is 1. The van der Waals surface area contributed by atoms with Crippen LogP contribution in [0.3, 0.4) is 0 Å². The minimum absolute atomic E-state index is 0.0842. The highest BCUT2D eigenvalue weighted by atomic mass is 16.7. The molecule has 2 amide bonds. The van der Waals surface area contributed by atoms with Crippen LogP contribution in [0.2, 0.25) is 0 Å². The number of fused-ring (bicyclic) bond motifs is 2. The van der Waals surface area contributed by atoms with Crippen molar-refractivity contribution < 1.29 is 28.5 Å². The van der Waals surface area contributed by atoms with E-state index in [0.29, 0.717) is 24.6 Å². The quantitative estimate of drug-likeness (QED) is 0.669. The van der Waals surface area contributed by atoms with Crippen LogP contribution in [0.15, 0.2) is 30.4 Å². The van der Waals surface area contributed by atoms with Crippen molar-refractivity contribution in [2.45, 2.75) is 11.7 Å². The van der Waals surface area contributed by atoms with Gasteiger partial charge >= 0.3 is 0 Å². The first-order valence-corrected chi connectivity index (χ1v) is 10.8. The third-order valence-electron chi connectivity index (χ3n) is 6.90. The van der Waals surface area contributed by atoms with E-state index in [1.165, 1.54) is 0 Å². The van der Waals surface area contributed by atoms with E-state index >= 15 is 0 Å². The summed E-state index contributed by atoms with van der Waals surface area (Å²) in [6, 6.07) is 5.46.